The number of nitrogens with zero attached hydrogens (tertiary/aromatic N) is 2. The van der Waals surface area contributed by atoms with Gasteiger partial charge in [0.25, 0.3) is 11.6 Å². The maximum absolute atomic E-state index is 12.8. The molecular weight excluding hydrogens is 398 g/mol. The van der Waals surface area contributed by atoms with Crippen LogP contribution in [0.4, 0.5) is 5.69 Å². The Labute approximate surface area is 170 Å². The van der Waals surface area contributed by atoms with Crippen LogP contribution in [0.3, 0.4) is 0 Å². The number of non-ortho nitro benzene ring substituents is 1. The van der Waals surface area contributed by atoms with Crippen LogP contribution < -0.4 is 5.32 Å². The summed E-state index contributed by atoms with van der Waals surface area (Å²) in [4.78, 5) is 25.4. The van der Waals surface area contributed by atoms with Crippen molar-refractivity contribution < 1.29 is 22.9 Å². The molecule has 1 aliphatic carbocycles. The van der Waals surface area contributed by atoms with E-state index in [4.69, 9.17) is 4.74 Å². The molecule has 1 amide bonds. The Balaban J connectivity index is 1.81. The van der Waals surface area contributed by atoms with E-state index < -0.39 is 26.4 Å². The number of morpholine rings is 1. The predicted molar refractivity (Wildman–Crippen MR) is 107 cm³/mol. The van der Waals surface area contributed by atoms with Crippen LogP contribution in [0.1, 0.15) is 42.5 Å². The Bertz CT molecular complexity index is 874. The fraction of sp³-hybridized carbons (Fsp3) is 0.632. The van der Waals surface area contributed by atoms with E-state index in [1.54, 1.807) is 0 Å². The number of hydrogen-bond acceptors (Lipinski definition) is 7. The van der Waals surface area contributed by atoms with Crippen molar-refractivity contribution in [1.82, 2.24) is 10.2 Å². The molecule has 2 aliphatic rings. The first-order chi connectivity index (χ1) is 13.7. The number of hydrogen-bond donors (Lipinski definition) is 1. The lowest BCUT2D eigenvalue weighted by atomic mass is 9.79. The molecule has 0 radical (unpaired) electrons. The molecule has 0 bridgehead atoms. The van der Waals surface area contributed by atoms with Gasteiger partial charge in [-0.3, -0.25) is 19.8 Å². The van der Waals surface area contributed by atoms with Crippen LogP contribution in [0.15, 0.2) is 23.1 Å². The summed E-state index contributed by atoms with van der Waals surface area (Å²) in [5.41, 5.74) is -0.593. The first kappa shape index (κ1) is 21.7. The van der Waals surface area contributed by atoms with E-state index in [1.807, 2.05) is 0 Å². The molecule has 0 atom stereocenters. The molecule has 1 saturated carbocycles. The number of nitro benzene ring substituents is 1. The number of nitrogens with one attached hydrogen (secondary N) is 1. The molecule has 1 aromatic carbocycles. The number of amides is 1. The minimum Gasteiger partial charge on any atom is -0.379 e. The third-order valence-electron chi connectivity index (χ3n) is 5.84. The second-order valence-corrected chi connectivity index (χ2v) is 9.83. The standard InChI is InChI=1S/C19H27N3O6S/c1-29(26,27)17-12-15(11-16(13-17)22(24)25)18(23)20-14-19(5-3-2-4-6-19)21-7-9-28-10-8-21/h11-13H,2-10,14H2,1H3,(H,20,23). The zero-order chi connectivity index (χ0) is 21.1. The quantitative estimate of drug-likeness (QED) is 0.545. The molecule has 0 unspecified atom stereocenters. The van der Waals surface area contributed by atoms with Gasteiger partial charge in [0.1, 0.15) is 0 Å². The van der Waals surface area contributed by atoms with Gasteiger partial charge in [-0.1, -0.05) is 19.3 Å². The Kier molecular flexibility index (Phi) is 6.55. The number of carbonyl (C=O) groups is 1. The Morgan fingerprint density at radius 2 is 1.86 bits per heavy atom. The zero-order valence-electron chi connectivity index (χ0n) is 16.6. The first-order valence-corrected chi connectivity index (χ1v) is 11.7. The summed E-state index contributed by atoms with van der Waals surface area (Å²) in [7, 11) is -3.69. The molecule has 3 rings (SSSR count). The fourth-order valence-electron chi connectivity index (χ4n) is 4.23. The highest BCUT2D eigenvalue weighted by Crippen LogP contribution is 2.34. The summed E-state index contributed by atoms with van der Waals surface area (Å²) in [5.74, 6) is -0.503. The summed E-state index contributed by atoms with van der Waals surface area (Å²) >= 11 is 0. The molecule has 9 nitrogen and oxygen atoms in total. The Morgan fingerprint density at radius 3 is 2.45 bits per heavy atom. The van der Waals surface area contributed by atoms with E-state index in [2.05, 4.69) is 10.2 Å². The maximum Gasteiger partial charge on any atom is 0.271 e. The molecule has 1 aliphatic heterocycles. The fourth-order valence-corrected chi connectivity index (χ4v) is 4.91. The van der Waals surface area contributed by atoms with Crippen LogP contribution in [-0.2, 0) is 14.6 Å². The van der Waals surface area contributed by atoms with Crippen molar-refractivity contribution in [2.75, 3.05) is 39.1 Å². The third kappa shape index (κ3) is 5.12. The summed E-state index contributed by atoms with van der Waals surface area (Å²) in [6.45, 7) is 3.37. The largest absolute Gasteiger partial charge is 0.379 e. The summed E-state index contributed by atoms with van der Waals surface area (Å²) in [6.07, 6.45) is 6.24. The van der Waals surface area contributed by atoms with Crippen molar-refractivity contribution in [3.05, 3.63) is 33.9 Å². The highest BCUT2D eigenvalue weighted by atomic mass is 32.2. The average Bonchev–Trinajstić information content (AvgIpc) is 2.72. The lowest BCUT2D eigenvalue weighted by Gasteiger charge is -2.48. The topological polar surface area (TPSA) is 119 Å². The third-order valence-corrected chi connectivity index (χ3v) is 6.93. The highest BCUT2D eigenvalue weighted by Gasteiger charge is 2.39. The van der Waals surface area contributed by atoms with Gasteiger partial charge < -0.3 is 10.1 Å². The minimum atomic E-state index is -3.69. The summed E-state index contributed by atoms with van der Waals surface area (Å²) in [5, 5.41) is 14.1. The van der Waals surface area contributed by atoms with Gasteiger partial charge in [0.05, 0.1) is 23.0 Å². The summed E-state index contributed by atoms with van der Waals surface area (Å²) < 4.78 is 29.2. The number of nitro groups is 1. The van der Waals surface area contributed by atoms with Gasteiger partial charge in [-0.2, -0.15) is 0 Å². The normalized spacial score (nSPS) is 20.2. The Morgan fingerprint density at radius 1 is 1.21 bits per heavy atom. The van der Waals surface area contributed by atoms with E-state index >= 15 is 0 Å². The number of rotatable bonds is 6. The van der Waals surface area contributed by atoms with Crippen molar-refractivity contribution in [3.8, 4) is 0 Å². The van der Waals surface area contributed by atoms with Gasteiger partial charge in [-0.25, -0.2) is 8.42 Å². The molecule has 10 heteroatoms. The summed E-state index contributed by atoms with van der Waals surface area (Å²) in [6, 6.07) is 3.29. The number of sulfone groups is 1. The molecule has 0 aromatic heterocycles. The number of carbonyl (C=O) groups excluding carboxylic acids is 1. The van der Waals surface area contributed by atoms with E-state index in [0.717, 1.165) is 57.2 Å². The molecular formula is C19H27N3O6S. The molecule has 160 valence electrons. The minimum absolute atomic E-state index is 0.0208. The zero-order valence-corrected chi connectivity index (χ0v) is 17.4. The van der Waals surface area contributed by atoms with Crippen LogP contribution in [0, 0.1) is 10.1 Å². The molecule has 1 heterocycles. The lowest BCUT2D eigenvalue weighted by Crippen LogP contribution is -2.59. The van der Waals surface area contributed by atoms with Crippen molar-refractivity contribution in [1.29, 1.82) is 0 Å². The molecule has 0 spiro atoms. The van der Waals surface area contributed by atoms with Gasteiger partial charge in [-0.15, -0.1) is 0 Å². The van der Waals surface area contributed by atoms with Crippen molar-refractivity contribution >= 4 is 21.4 Å². The van der Waals surface area contributed by atoms with Crippen molar-refractivity contribution in [2.24, 2.45) is 0 Å². The monoisotopic (exact) mass is 425 g/mol. The van der Waals surface area contributed by atoms with Crippen molar-refractivity contribution in [3.63, 3.8) is 0 Å². The van der Waals surface area contributed by atoms with Gasteiger partial charge >= 0.3 is 0 Å². The van der Waals surface area contributed by atoms with Crippen LogP contribution in [-0.4, -0.2) is 68.8 Å². The molecule has 1 N–H and O–H groups in total. The van der Waals surface area contributed by atoms with Crippen LogP contribution in [0.5, 0.6) is 0 Å². The van der Waals surface area contributed by atoms with E-state index in [0.29, 0.717) is 19.8 Å². The highest BCUT2D eigenvalue weighted by molar-refractivity contribution is 7.90. The average molecular weight is 426 g/mol. The van der Waals surface area contributed by atoms with E-state index in [9.17, 15) is 23.3 Å². The van der Waals surface area contributed by atoms with E-state index in [1.165, 1.54) is 12.5 Å². The molecule has 2 fully saturated rings. The second-order valence-electron chi connectivity index (χ2n) is 7.81. The molecule has 29 heavy (non-hydrogen) atoms. The number of benzene rings is 1. The van der Waals surface area contributed by atoms with Gasteiger partial charge in [0.2, 0.25) is 0 Å². The van der Waals surface area contributed by atoms with Crippen LogP contribution >= 0.6 is 0 Å². The van der Waals surface area contributed by atoms with Crippen LogP contribution in [0.2, 0.25) is 0 Å². The van der Waals surface area contributed by atoms with Gasteiger partial charge in [-0.05, 0) is 18.9 Å². The maximum atomic E-state index is 12.8. The lowest BCUT2D eigenvalue weighted by molar-refractivity contribution is -0.385. The van der Waals surface area contributed by atoms with Crippen molar-refractivity contribution in [2.45, 2.75) is 42.5 Å². The second kappa shape index (κ2) is 8.76. The molecule has 1 saturated heterocycles. The van der Waals surface area contributed by atoms with E-state index in [-0.39, 0.29) is 16.0 Å². The van der Waals surface area contributed by atoms with Gasteiger partial charge in [0, 0.05) is 49.1 Å². The SMILES string of the molecule is CS(=O)(=O)c1cc(C(=O)NCC2(N3CCOCC3)CCCCC2)cc([N+](=O)[O-])c1. The number of ether oxygens (including phenoxy) is 1. The Hall–Kier alpha value is -2.04. The smallest absolute Gasteiger partial charge is 0.271 e. The molecule has 1 aromatic rings. The predicted octanol–water partition coefficient (Wildman–Crippen LogP) is 1.76. The first-order valence-electron chi connectivity index (χ1n) is 9.82. The van der Waals surface area contributed by atoms with Gasteiger partial charge in [0.15, 0.2) is 9.84 Å². The van der Waals surface area contributed by atoms with Crippen LogP contribution in [0.25, 0.3) is 0 Å².